The Morgan fingerprint density at radius 2 is 2.00 bits per heavy atom. The molecule has 3 heteroatoms. The Balaban J connectivity index is 3.08. The van der Waals surface area contributed by atoms with Crippen LogP contribution in [0, 0.1) is 0 Å². The van der Waals surface area contributed by atoms with Crippen molar-refractivity contribution in [1.29, 1.82) is 0 Å². The van der Waals surface area contributed by atoms with Crippen LogP contribution in [0.2, 0.25) is 0 Å². The zero-order valence-electron chi connectivity index (χ0n) is 13.5. The molecule has 2 atom stereocenters. The third-order valence-corrected chi connectivity index (χ3v) is 3.81. The molecule has 0 aromatic heterocycles. The van der Waals surface area contributed by atoms with Crippen molar-refractivity contribution in [3.8, 4) is 5.75 Å². The van der Waals surface area contributed by atoms with E-state index in [1.807, 2.05) is 12.1 Å². The summed E-state index contributed by atoms with van der Waals surface area (Å²) in [5.41, 5.74) is 1.01. The first-order valence-corrected chi connectivity index (χ1v) is 7.62. The van der Waals surface area contributed by atoms with Crippen LogP contribution in [-0.2, 0) is 4.74 Å². The molecule has 0 saturated heterocycles. The van der Waals surface area contributed by atoms with Crippen molar-refractivity contribution in [3.05, 3.63) is 29.8 Å². The topological polar surface area (TPSA) is 30.5 Å². The minimum absolute atomic E-state index is 0.169. The fourth-order valence-corrected chi connectivity index (χ4v) is 2.52. The molecular weight excluding hydrogens is 250 g/mol. The van der Waals surface area contributed by atoms with Crippen molar-refractivity contribution in [1.82, 2.24) is 5.32 Å². The minimum atomic E-state index is -0.212. The molecule has 1 aromatic carbocycles. The van der Waals surface area contributed by atoms with Crippen LogP contribution < -0.4 is 10.1 Å². The smallest absolute Gasteiger partial charge is 0.119 e. The maximum Gasteiger partial charge on any atom is 0.119 e. The van der Waals surface area contributed by atoms with Crippen LogP contribution in [0.5, 0.6) is 5.75 Å². The Bertz CT molecular complexity index is 394. The van der Waals surface area contributed by atoms with Crippen LogP contribution in [-0.4, -0.2) is 25.9 Å². The van der Waals surface area contributed by atoms with E-state index in [9.17, 15) is 0 Å². The minimum Gasteiger partial charge on any atom is -0.497 e. The molecule has 0 aliphatic heterocycles. The van der Waals surface area contributed by atoms with Crippen LogP contribution in [0.25, 0.3) is 0 Å². The number of hydrogen-bond acceptors (Lipinski definition) is 3. The molecule has 1 aromatic rings. The fraction of sp³-hybridized carbons (Fsp3) is 0.647. The lowest BCUT2D eigenvalue weighted by molar-refractivity contribution is -0.0563. The van der Waals surface area contributed by atoms with E-state index in [-0.39, 0.29) is 11.6 Å². The summed E-state index contributed by atoms with van der Waals surface area (Å²) >= 11 is 0. The molecule has 0 aliphatic carbocycles. The third-order valence-electron chi connectivity index (χ3n) is 3.81. The molecule has 0 fully saturated rings. The maximum absolute atomic E-state index is 6.06. The van der Waals surface area contributed by atoms with E-state index < -0.39 is 0 Å². The summed E-state index contributed by atoms with van der Waals surface area (Å²) in [6.07, 6.45) is 2.06. The van der Waals surface area contributed by atoms with E-state index in [4.69, 9.17) is 9.47 Å². The molecule has 1 rings (SSSR count). The highest BCUT2D eigenvalue weighted by atomic mass is 16.5. The summed E-state index contributed by atoms with van der Waals surface area (Å²) < 4.78 is 11.4. The van der Waals surface area contributed by atoms with Gasteiger partial charge in [-0.3, -0.25) is 0 Å². The average Bonchev–Trinajstić information content (AvgIpc) is 2.48. The Labute approximate surface area is 123 Å². The van der Waals surface area contributed by atoms with Crippen molar-refractivity contribution in [2.75, 3.05) is 20.3 Å². The number of rotatable bonds is 9. The van der Waals surface area contributed by atoms with E-state index >= 15 is 0 Å². The molecule has 0 spiro atoms. The molecule has 114 valence electrons. The molecule has 0 saturated carbocycles. The fourth-order valence-electron chi connectivity index (χ4n) is 2.52. The Morgan fingerprint density at radius 1 is 1.25 bits per heavy atom. The third kappa shape index (κ3) is 4.22. The predicted octanol–water partition coefficient (Wildman–Crippen LogP) is 3.94. The molecule has 0 radical (unpaired) electrons. The Morgan fingerprint density at radius 3 is 2.55 bits per heavy atom. The van der Waals surface area contributed by atoms with E-state index in [0.717, 1.165) is 31.7 Å². The lowest BCUT2D eigenvalue weighted by atomic mass is 9.87. The maximum atomic E-state index is 6.06. The number of nitrogens with one attached hydrogen (secondary N) is 1. The van der Waals surface area contributed by atoms with E-state index in [1.165, 1.54) is 5.56 Å². The normalized spacial score (nSPS) is 15.7. The summed E-state index contributed by atoms with van der Waals surface area (Å²) in [5, 5.41) is 3.63. The van der Waals surface area contributed by atoms with Gasteiger partial charge < -0.3 is 14.8 Å². The van der Waals surface area contributed by atoms with Gasteiger partial charge in [0.1, 0.15) is 5.75 Å². The SMILES string of the molecule is CCCNC(c1cccc(OC)c1)C(C)(CC)OCC. The van der Waals surface area contributed by atoms with Crippen molar-refractivity contribution in [3.63, 3.8) is 0 Å². The Hall–Kier alpha value is -1.06. The zero-order chi connectivity index (χ0) is 15.0. The van der Waals surface area contributed by atoms with Crippen LogP contribution in [0.4, 0.5) is 0 Å². The van der Waals surface area contributed by atoms with Gasteiger partial charge in [-0.05, 0) is 50.9 Å². The summed E-state index contributed by atoms with van der Waals surface area (Å²) in [6.45, 7) is 10.3. The van der Waals surface area contributed by atoms with E-state index in [2.05, 4.69) is 45.1 Å². The summed E-state index contributed by atoms with van der Waals surface area (Å²) in [5.74, 6) is 0.890. The summed E-state index contributed by atoms with van der Waals surface area (Å²) in [6, 6.07) is 8.42. The molecular formula is C17H29NO2. The van der Waals surface area contributed by atoms with Gasteiger partial charge in [-0.1, -0.05) is 26.0 Å². The lowest BCUT2D eigenvalue weighted by Crippen LogP contribution is -2.43. The second-order valence-electron chi connectivity index (χ2n) is 5.26. The first-order valence-electron chi connectivity index (χ1n) is 7.62. The number of benzene rings is 1. The van der Waals surface area contributed by atoms with Gasteiger partial charge >= 0.3 is 0 Å². The average molecular weight is 279 g/mol. The molecule has 0 heterocycles. The molecule has 2 unspecified atom stereocenters. The monoisotopic (exact) mass is 279 g/mol. The van der Waals surface area contributed by atoms with Gasteiger partial charge in [0.05, 0.1) is 18.8 Å². The highest BCUT2D eigenvalue weighted by molar-refractivity contribution is 5.32. The van der Waals surface area contributed by atoms with Gasteiger partial charge in [0, 0.05) is 6.61 Å². The van der Waals surface area contributed by atoms with Crippen LogP contribution in [0.1, 0.15) is 52.1 Å². The van der Waals surface area contributed by atoms with E-state index in [0.29, 0.717) is 0 Å². The largest absolute Gasteiger partial charge is 0.497 e. The van der Waals surface area contributed by atoms with Crippen molar-refractivity contribution >= 4 is 0 Å². The quantitative estimate of drug-likeness (QED) is 0.742. The van der Waals surface area contributed by atoms with Gasteiger partial charge in [0.25, 0.3) is 0 Å². The van der Waals surface area contributed by atoms with Crippen molar-refractivity contribution in [2.45, 2.75) is 52.2 Å². The van der Waals surface area contributed by atoms with Crippen LogP contribution >= 0.6 is 0 Å². The molecule has 0 amide bonds. The van der Waals surface area contributed by atoms with Gasteiger partial charge in [-0.25, -0.2) is 0 Å². The molecule has 20 heavy (non-hydrogen) atoms. The molecule has 0 aliphatic rings. The van der Waals surface area contributed by atoms with Crippen molar-refractivity contribution < 1.29 is 9.47 Å². The summed E-state index contributed by atoms with van der Waals surface area (Å²) in [4.78, 5) is 0. The zero-order valence-corrected chi connectivity index (χ0v) is 13.5. The number of ether oxygens (including phenoxy) is 2. The molecule has 0 bridgehead atoms. The number of methoxy groups -OCH3 is 1. The van der Waals surface area contributed by atoms with Crippen LogP contribution in [0.15, 0.2) is 24.3 Å². The standard InChI is InChI=1S/C17H29NO2/c1-6-12-18-16(17(4,7-2)20-8-3)14-10-9-11-15(13-14)19-5/h9-11,13,16,18H,6-8,12H2,1-5H3. The lowest BCUT2D eigenvalue weighted by Gasteiger charge is -2.38. The highest BCUT2D eigenvalue weighted by Crippen LogP contribution is 2.33. The predicted molar refractivity (Wildman–Crippen MR) is 84.4 cm³/mol. The first-order chi connectivity index (χ1) is 9.61. The van der Waals surface area contributed by atoms with Gasteiger partial charge in [-0.15, -0.1) is 0 Å². The second kappa shape index (κ2) is 8.28. The Kier molecular flexibility index (Phi) is 7.03. The first kappa shape index (κ1) is 17.0. The van der Waals surface area contributed by atoms with Gasteiger partial charge in [0.15, 0.2) is 0 Å². The molecule has 3 nitrogen and oxygen atoms in total. The van der Waals surface area contributed by atoms with E-state index in [1.54, 1.807) is 7.11 Å². The highest BCUT2D eigenvalue weighted by Gasteiger charge is 2.34. The van der Waals surface area contributed by atoms with Crippen molar-refractivity contribution in [2.24, 2.45) is 0 Å². The van der Waals surface area contributed by atoms with Crippen LogP contribution in [0.3, 0.4) is 0 Å². The number of hydrogen-bond donors (Lipinski definition) is 1. The second-order valence-corrected chi connectivity index (χ2v) is 5.26. The molecule has 1 N–H and O–H groups in total. The summed E-state index contributed by atoms with van der Waals surface area (Å²) in [7, 11) is 1.70. The van der Waals surface area contributed by atoms with Gasteiger partial charge in [-0.2, -0.15) is 0 Å². The van der Waals surface area contributed by atoms with Gasteiger partial charge in [0.2, 0.25) is 0 Å².